The fraction of sp³-hybridized carbons (Fsp3) is 0.375. The van der Waals surface area contributed by atoms with E-state index in [0.717, 1.165) is 15.2 Å². The van der Waals surface area contributed by atoms with E-state index in [1.807, 2.05) is 24.3 Å². The fourth-order valence-corrected chi connectivity index (χ4v) is 2.95. The summed E-state index contributed by atoms with van der Waals surface area (Å²) in [5.74, 6) is 0.448. The highest BCUT2D eigenvalue weighted by Gasteiger charge is 2.44. The zero-order chi connectivity index (χ0) is 16.6. The van der Waals surface area contributed by atoms with Gasteiger partial charge in [-0.3, -0.25) is 0 Å². The van der Waals surface area contributed by atoms with E-state index in [0.29, 0.717) is 5.75 Å². The molecular weight excluding hydrogens is 368 g/mol. The molecule has 1 saturated heterocycles. The normalized spacial score (nSPS) is 31.3. The predicted octanol–water partition coefficient (Wildman–Crippen LogP) is 0.781. The molecule has 6 nitrogen and oxygen atoms in total. The Morgan fingerprint density at radius 1 is 0.957 bits per heavy atom. The Kier molecular flexibility index (Phi) is 4.86. The van der Waals surface area contributed by atoms with Crippen LogP contribution in [0.5, 0.6) is 5.75 Å². The summed E-state index contributed by atoms with van der Waals surface area (Å²) in [5, 5.41) is 40.6. The molecule has 3 rings (SSSR count). The van der Waals surface area contributed by atoms with Crippen molar-refractivity contribution in [3.63, 3.8) is 0 Å². The summed E-state index contributed by atoms with van der Waals surface area (Å²) in [6.45, 7) is -0.490. The van der Waals surface area contributed by atoms with Crippen LogP contribution in [0.2, 0.25) is 0 Å². The van der Waals surface area contributed by atoms with Crippen LogP contribution in [0.3, 0.4) is 0 Å². The minimum Gasteiger partial charge on any atom is -0.462 e. The highest BCUT2D eigenvalue weighted by atomic mass is 79.9. The summed E-state index contributed by atoms with van der Waals surface area (Å²) in [7, 11) is 0. The number of aliphatic hydroxyl groups is 4. The summed E-state index contributed by atoms with van der Waals surface area (Å²) in [6, 6.07) is 11.1. The molecule has 1 aliphatic heterocycles. The molecule has 2 unspecified atom stereocenters. The number of hydrogen-bond acceptors (Lipinski definition) is 6. The Hall–Kier alpha value is -1.22. The van der Waals surface area contributed by atoms with Crippen molar-refractivity contribution in [2.45, 2.75) is 30.7 Å². The van der Waals surface area contributed by atoms with Crippen LogP contribution in [0, 0.1) is 0 Å². The third-order valence-corrected chi connectivity index (χ3v) is 4.37. The lowest BCUT2D eigenvalue weighted by Crippen LogP contribution is -2.60. The number of rotatable bonds is 3. The highest BCUT2D eigenvalue weighted by molar-refractivity contribution is 9.10. The summed E-state index contributed by atoms with van der Waals surface area (Å²) < 4.78 is 11.9. The molecule has 0 radical (unpaired) electrons. The first-order valence-electron chi connectivity index (χ1n) is 7.16. The Morgan fingerprint density at radius 3 is 2.39 bits per heavy atom. The second-order valence-electron chi connectivity index (χ2n) is 5.47. The predicted molar refractivity (Wildman–Crippen MR) is 86.0 cm³/mol. The molecule has 124 valence electrons. The summed E-state index contributed by atoms with van der Waals surface area (Å²) in [4.78, 5) is 0. The molecule has 0 amide bonds. The van der Waals surface area contributed by atoms with Gasteiger partial charge in [0.05, 0.1) is 6.61 Å². The summed E-state index contributed by atoms with van der Waals surface area (Å²) >= 11 is 3.41. The number of aliphatic hydroxyl groups excluding tert-OH is 4. The third-order valence-electron chi connectivity index (χ3n) is 3.87. The fourth-order valence-electron chi connectivity index (χ4n) is 2.57. The molecule has 0 aromatic heterocycles. The van der Waals surface area contributed by atoms with Crippen LogP contribution in [-0.2, 0) is 4.74 Å². The van der Waals surface area contributed by atoms with Crippen molar-refractivity contribution in [2.24, 2.45) is 0 Å². The molecule has 0 saturated carbocycles. The van der Waals surface area contributed by atoms with Gasteiger partial charge in [0.2, 0.25) is 6.29 Å². The van der Waals surface area contributed by atoms with E-state index < -0.39 is 37.3 Å². The molecule has 2 aromatic carbocycles. The standard InChI is InChI=1S/C16H17BrO6/c17-10-3-1-9-6-11(4-2-8(9)5-10)22-16-15(21)14(20)13(19)12(7-18)23-16/h1-6,12-16,18-21H,7H2/t12?,13-,14?,15-,16-/m1/s1. The van der Waals surface area contributed by atoms with Crippen LogP contribution in [0.25, 0.3) is 10.8 Å². The molecule has 0 spiro atoms. The molecule has 2 aromatic rings. The molecule has 5 atom stereocenters. The molecule has 1 heterocycles. The molecule has 0 aliphatic carbocycles. The van der Waals surface area contributed by atoms with E-state index in [2.05, 4.69) is 15.9 Å². The van der Waals surface area contributed by atoms with Crippen LogP contribution in [0.15, 0.2) is 40.9 Å². The Balaban J connectivity index is 1.81. The van der Waals surface area contributed by atoms with Crippen molar-refractivity contribution < 1.29 is 29.9 Å². The maximum atomic E-state index is 9.98. The first-order valence-corrected chi connectivity index (χ1v) is 7.95. The van der Waals surface area contributed by atoms with Crippen LogP contribution < -0.4 is 4.74 Å². The minimum absolute atomic E-state index is 0.448. The lowest BCUT2D eigenvalue weighted by atomic mass is 9.99. The topological polar surface area (TPSA) is 99.4 Å². The van der Waals surface area contributed by atoms with E-state index in [9.17, 15) is 20.4 Å². The average Bonchev–Trinajstić information content (AvgIpc) is 2.55. The Labute approximate surface area is 141 Å². The van der Waals surface area contributed by atoms with Crippen LogP contribution >= 0.6 is 15.9 Å². The maximum Gasteiger partial charge on any atom is 0.229 e. The van der Waals surface area contributed by atoms with Gasteiger partial charge in [0.1, 0.15) is 30.2 Å². The first kappa shape index (κ1) is 16.6. The van der Waals surface area contributed by atoms with E-state index in [1.54, 1.807) is 12.1 Å². The third kappa shape index (κ3) is 3.35. The SMILES string of the molecule is OCC1O[C@@H](Oc2ccc3cc(Br)ccc3c2)[C@H](O)C(O)[C@@H]1O. The van der Waals surface area contributed by atoms with Gasteiger partial charge in [-0.05, 0) is 35.0 Å². The van der Waals surface area contributed by atoms with Gasteiger partial charge in [-0.25, -0.2) is 0 Å². The smallest absolute Gasteiger partial charge is 0.229 e. The van der Waals surface area contributed by atoms with Crippen molar-refractivity contribution >= 4 is 26.7 Å². The molecule has 1 fully saturated rings. The van der Waals surface area contributed by atoms with Gasteiger partial charge in [-0.2, -0.15) is 0 Å². The molecule has 0 bridgehead atoms. The number of benzene rings is 2. The van der Waals surface area contributed by atoms with E-state index in [4.69, 9.17) is 9.47 Å². The molecule has 1 aliphatic rings. The van der Waals surface area contributed by atoms with Gasteiger partial charge < -0.3 is 29.9 Å². The minimum atomic E-state index is -1.46. The first-order chi connectivity index (χ1) is 11.0. The number of ether oxygens (including phenoxy) is 2. The van der Waals surface area contributed by atoms with Gasteiger partial charge in [-0.15, -0.1) is 0 Å². The van der Waals surface area contributed by atoms with Gasteiger partial charge in [-0.1, -0.05) is 28.1 Å². The molecule has 7 heteroatoms. The van der Waals surface area contributed by atoms with Crippen molar-refractivity contribution in [1.29, 1.82) is 0 Å². The van der Waals surface area contributed by atoms with Gasteiger partial charge in [0, 0.05) is 4.47 Å². The van der Waals surface area contributed by atoms with Gasteiger partial charge >= 0.3 is 0 Å². The van der Waals surface area contributed by atoms with Crippen LogP contribution in [-0.4, -0.2) is 57.7 Å². The number of halogens is 1. The summed E-state index contributed by atoms with van der Waals surface area (Å²) in [6.07, 6.45) is -6.45. The largest absolute Gasteiger partial charge is 0.462 e. The lowest BCUT2D eigenvalue weighted by Gasteiger charge is -2.39. The van der Waals surface area contributed by atoms with Crippen LogP contribution in [0.1, 0.15) is 0 Å². The highest BCUT2D eigenvalue weighted by Crippen LogP contribution is 2.28. The Bertz CT molecular complexity index is 691. The van der Waals surface area contributed by atoms with Crippen molar-refractivity contribution in [2.75, 3.05) is 6.61 Å². The second-order valence-corrected chi connectivity index (χ2v) is 6.38. The van der Waals surface area contributed by atoms with Crippen LogP contribution in [0.4, 0.5) is 0 Å². The van der Waals surface area contributed by atoms with Gasteiger partial charge in [0.15, 0.2) is 0 Å². The maximum absolute atomic E-state index is 9.98. The van der Waals surface area contributed by atoms with E-state index in [-0.39, 0.29) is 0 Å². The molecular formula is C16H17BrO6. The number of fused-ring (bicyclic) bond motifs is 1. The van der Waals surface area contributed by atoms with Gasteiger partial charge in [0.25, 0.3) is 0 Å². The lowest BCUT2D eigenvalue weighted by molar-refractivity contribution is -0.277. The van der Waals surface area contributed by atoms with E-state index in [1.165, 1.54) is 0 Å². The van der Waals surface area contributed by atoms with Crippen molar-refractivity contribution in [3.8, 4) is 5.75 Å². The number of hydrogen-bond donors (Lipinski definition) is 4. The average molecular weight is 385 g/mol. The Morgan fingerprint density at radius 2 is 1.65 bits per heavy atom. The quantitative estimate of drug-likeness (QED) is 0.624. The molecule has 4 N–H and O–H groups in total. The molecule has 23 heavy (non-hydrogen) atoms. The van der Waals surface area contributed by atoms with Crippen molar-refractivity contribution in [3.05, 3.63) is 40.9 Å². The monoisotopic (exact) mass is 384 g/mol. The van der Waals surface area contributed by atoms with Crippen molar-refractivity contribution in [1.82, 2.24) is 0 Å². The zero-order valence-corrected chi connectivity index (χ0v) is 13.6. The summed E-state index contributed by atoms with van der Waals surface area (Å²) in [5.41, 5.74) is 0. The second kappa shape index (κ2) is 6.72. The van der Waals surface area contributed by atoms with E-state index >= 15 is 0 Å². The zero-order valence-electron chi connectivity index (χ0n) is 12.0.